The fourth-order valence-electron chi connectivity index (χ4n) is 2.67. The molecule has 0 spiro atoms. The van der Waals surface area contributed by atoms with Crippen molar-refractivity contribution >= 4 is 23.3 Å². The van der Waals surface area contributed by atoms with Crippen LogP contribution in [0.1, 0.15) is 16.7 Å². The Morgan fingerprint density at radius 3 is 1.69 bits per heavy atom. The Labute approximate surface area is 178 Å². The van der Waals surface area contributed by atoms with Crippen molar-refractivity contribution in [1.29, 1.82) is 0 Å². The van der Waals surface area contributed by atoms with Gasteiger partial charge in [0.05, 0.1) is 16.8 Å². The standard InChI is InChI=1S/C23H15F7N2/c24-18-7-1-15(2-8-18)21(32-20-11-5-17(6-12-20)23(28,29)30)13-14-31-19-9-3-16(4-10-19)22(25,26)27/h1-14,32H/b21-13+,31-14?. The molecule has 0 unspecified atom stereocenters. The molecule has 0 aliphatic carbocycles. The van der Waals surface area contributed by atoms with E-state index in [9.17, 15) is 30.7 Å². The zero-order chi connectivity index (χ0) is 23.4. The monoisotopic (exact) mass is 452 g/mol. The first-order valence-electron chi connectivity index (χ1n) is 9.14. The topological polar surface area (TPSA) is 24.4 Å². The van der Waals surface area contributed by atoms with Gasteiger partial charge in [-0.15, -0.1) is 0 Å². The average Bonchev–Trinajstić information content (AvgIpc) is 2.73. The summed E-state index contributed by atoms with van der Waals surface area (Å²) in [7, 11) is 0. The van der Waals surface area contributed by atoms with Gasteiger partial charge in [-0.2, -0.15) is 26.3 Å². The second-order valence-electron chi connectivity index (χ2n) is 6.61. The third-order valence-corrected chi connectivity index (χ3v) is 4.31. The molecule has 0 aliphatic heterocycles. The Hall–Kier alpha value is -3.62. The number of halogens is 7. The first kappa shape index (κ1) is 23.1. The second kappa shape index (κ2) is 9.25. The normalized spacial score (nSPS) is 12.9. The molecule has 1 N–H and O–H groups in total. The lowest BCUT2D eigenvalue weighted by Gasteiger charge is -2.12. The number of nitrogens with one attached hydrogen (secondary N) is 1. The van der Waals surface area contributed by atoms with Crippen molar-refractivity contribution in [3.05, 3.63) is 101 Å². The highest BCUT2D eigenvalue weighted by atomic mass is 19.4. The van der Waals surface area contributed by atoms with Gasteiger partial charge in [-0.05, 0) is 84.4 Å². The minimum atomic E-state index is -4.47. The Morgan fingerprint density at radius 1 is 0.688 bits per heavy atom. The zero-order valence-corrected chi connectivity index (χ0v) is 16.2. The second-order valence-corrected chi connectivity index (χ2v) is 6.61. The molecule has 3 rings (SSSR count). The minimum absolute atomic E-state index is 0.266. The Bertz CT molecular complexity index is 1090. The molecule has 3 aromatic rings. The number of allylic oxidation sites excluding steroid dienone is 1. The van der Waals surface area contributed by atoms with Crippen LogP contribution in [-0.2, 0) is 12.4 Å². The summed E-state index contributed by atoms with van der Waals surface area (Å²) >= 11 is 0. The molecule has 3 aromatic carbocycles. The number of anilines is 1. The molecule has 0 bridgehead atoms. The number of aliphatic imine (C=N–C) groups is 1. The highest BCUT2D eigenvalue weighted by molar-refractivity contribution is 5.90. The summed E-state index contributed by atoms with van der Waals surface area (Å²) in [6.07, 6.45) is -6.13. The van der Waals surface area contributed by atoms with E-state index in [0.29, 0.717) is 16.9 Å². The van der Waals surface area contributed by atoms with Gasteiger partial charge >= 0.3 is 12.4 Å². The molecule has 2 nitrogen and oxygen atoms in total. The van der Waals surface area contributed by atoms with Crippen molar-refractivity contribution in [1.82, 2.24) is 0 Å². The molecule has 0 heterocycles. The average molecular weight is 452 g/mol. The van der Waals surface area contributed by atoms with Gasteiger partial charge in [-0.3, -0.25) is 4.99 Å². The SMILES string of the molecule is Fc1ccc(/C(=C\C=Nc2ccc(C(F)(F)F)cc2)Nc2ccc(C(F)(F)F)cc2)cc1. The number of nitrogens with zero attached hydrogens (tertiary/aromatic N) is 1. The van der Waals surface area contributed by atoms with Crippen LogP contribution in [0.5, 0.6) is 0 Å². The largest absolute Gasteiger partial charge is 0.416 e. The number of hydrogen-bond donors (Lipinski definition) is 1. The van der Waals surface area contributed by atoms with Gasteiger partial charge in [0, 0.05) is 17.6 Å². The van der Waals surface area contributed by atoms with Gasteiger partial charge in [0.2, 0.25) is 0 Å². The summed E-state index contributed by atoms with van der Waals surface area (Å²) < 4.78 is 89.5. The lowest BCUT2D eigenvalue weighted by atomic mass is 10.1. The van der Waals surface area contributed by atoms with Gasteiger partial charge in [-0.1, -0.05) is 0 Å². The summed E-state index contributed by atoms with van der Waals surface area (Å²) in [6, 6.07) is 13.9. The molecule has 0 aliphatic rings. The first-order valence-corrected chi connectivity index (χ1v) is 9.14. The minimum Gasteiger partial charge on any atom is -0.355 e. The van der Waals surface area contributed by atoms with Gasteiger partial charge < -0.3 is 5.32 Å². The molecule has 0 saturated heterocycles. The molecule has 0 atom stereocenters. The number of rotatable bonds is 5. The van der Waals surface area contributed by atoms with Gasteiger partial charge in [0.25, 0.3) is 0 Å². The van der Waals surface area contributed by atoms with Crippen molar-refractivity contribution in [3.63, 3.8) is 0 Å². The van der Waals surface area contributed by atoms with E-state index in [2.05, 4.69) is 10.3 Å². The molecular weight excluding hydrogens is 437 g/mol. The van der Waals surface area contributed by atoms with Crippen molar-refractivity contribution in [2.24, 2.45) is 4.99 Å². The summed E-state index contributed by atoms with van der Waals surface area (Å²) in [4.78, 5) is 4.07. The highest BCUT2D eigenvalue weighted by Gasteiger charge is 2.30. The van der Waals surface area contributed by atoms with E-state index in [4.69, 9.17) is 0 Å². The molecule has 166 valence electrons. The van der Waals surface area contributed by atoms with E-state index in [1.165, 1.54) is 60.8 Å². The Balaban J connectivity index is 1.85. The zero-order valence-electron chi connectivity index (χ0n) is 16.2. The molecule has 0 fully saturated rings. The molecule has 0 radical (unpaired) electrons. The molecule has 0 aromatic heterocycles. The molecule has 32 heavy (non-hydrogen) atoms. The van der Waals surface area contributed by atoms with Crippen LogP contribution in [0.15, 0.2) is 83.9 Å². The van der Waals surface area contributed by atoms with Crippen LogP contribution in [0.3, 0.4) is 0 Å². The van der Waals surface area contributed by atoms with Crippen LogP contribution in [0.2, 0.25) is 0 Å². The van der Waals surface area contributed by atoms with Crippen LogP contribution >= 0.6 is 0 Å². The van der Waals surface area contributed by atoms with E-state index < -0.39 is 29.3 Å². The summed E-state index contributed by atoms with van der Waals surface area (Å²) in [6.45, 7) is 0. The fraction of sp³-hybridized carbons (Fsp3) is 0.0870. The maximum Gasteiger partial charge on any atom is 0.416 e. The fourth-order valence-corrected chi connectivity index (χ4v) is 2.67. The van der Waals surface area contributed by atoms with E-state index in [0.717, 1.165) is 24.3 Å². The smallest absolute Gasteiger partial charge is 0.355 e. The van der Waals surface area contributed by atoms with Crippen LogP contribution in [0.4, 0.5) is 42.1 Å². The molecule has 0 saturated carbocycles. The lowest BCUT2D eigenvalue weighted by Crippen LogP contribution is -2.05. The molecule has 0 amide bonds. The third-order valence-electron chi connectivity index (χ3n) is 4.31. The predicted octanol–water partition coefficient (Wildman–Crippen LogP) is 7.72. The van der Waals surface area contributed by atoms with E-state index in [-0.39, 0.29) is 5.69 Å². The van der Waals surface area contributed by atoms with Crippen LogP contribution in [0, 0.1) is 5.82 Å². The lowest BCUT2D eigenvalue weighted by molar-refractivity contribution is -0.138. The van der Waals surface area contributed by atoms with E-state index in [1.54, 1.807) is 0 Å². The summed E-state index contributed by atoms with van der Waals surface area (Å²) in [5.41, 5.74) is -0.0912. The number of alkyl halides is 6. The third kappa shape index (κ3) is 6.19. The summed E-state index contributed by atoms with van der Waals surface area (Å²) in [5.74, 6) is -0.471. The van der Waals surface area contributed by atoms with Crippen molar-refractivity contribution < 1.29 is 30.7 Å². The van der Waals surface area contributed by atoms with E-state index in [1.807, 2.05) is 0 Å². The summed E-state index contributed by atoms with van der Waals surface area (Å²) in [5, 5.41) is 2.94. The number of benzene rings is 3. The Morgan fingerprint density at radius 2 is 1.19 bits per heavy atom. The highest BCUT2D eigenvalue weighted by Crippen LogP contribution is 2.31. The van der Waals surface area contributed by atoms with Crippen LogP contribution in [-0.4, -0.2) is 6.21 Å². The van der Waals surface area contributed by atoms with Crippen molar-refractivity contribution in [2.45, 2.75) is 12.4 Å². The van der Waals surface area contributed by atoms with E-state index >= 15 is 0 Å². The van der Waals surface area contributed by atoms with Gasteiger partial charge in [-0.25, -0.2) is 4.39 Å². The van der Waals surface area contributed by atoms with Crippen molar-refractivity contribution in [3.8, 4) is 0 Å². The Kier molecular flexibility index (Phi) is 6.67. The maximum absolute atomic E-state index is 13.3. The maximum atomic E-state index is 13.3. The molecular formula is C23H15F7N2. The quantitative estimate of drug-likeness (QED) is 0.311. The van der Waals surface area contributed by atoms with Crippen LogP contribution < -0.4 is 5.32 Å². The molecule has 9 heteroatoms. The van der Waals surface area contributed by atoms with Gasteiger partial charge in [0.1, 0.15) is 5.82 Å². The first-order chi connectivity index (χ1) is 15.0. The predicted molar refractivity (Wildman–Crippen MR) is 109 cm³/mol. The van der Waals surface area contributed by atoms with Crippen LogP contribution in [0.25, 0.3) is 5.70 Å². The van der Waals surface area contributed by atoms with Crippen molar-refractivity contribution in [2.75, 3.05) is 5.32 Å². The van der Waals surface area contributed by atoms with Gasteiger partial charge in [0.15, 0.2) is 0 Å². The number of hydrogen-bond acceptors (Lipinski definition) is 2.